The number of likely N-dealkylation sites (tertiary alicyclic amines) is 1. The van der Waals surface area contributed by atoms with E-state index >= 15 is 0 Å². The van der Waals surface area contributed by atoms with Gasteiger partial charge in [-0.25, -0.2) is 4.98 Å². The minimum Gasteiger partial charge on any atom is -0.308 e. The molecule has 0 bridgehead atoms. The fourth-order valence-electron chi connectivity index (χ4n) is 2.38. The molecule has 0 saturated carbocycles. The maximum Gasteiger partial charge on any atom is 0.107 e. The summed E-state index contributed by atoms with van der Waals surface area (Å²) in [6.45, 7) is 13.4. The van der Waals surface area contributed by atoms with Crippen LogP contribution in [0.3, 0.4) is 0 Å². The predicted molar refractivity (Wildman–Crippen MR) is 77.8 cm³/mol. The zero-order chi connectivity index (χ0) is 13.2. The molecule has 4 heteroatoms. The first-order valence-corrected chi connectivity index (χ1v) is 7.72. The summed E-state index contributed by atoms with van der Waals surface area (Å²) in [5.74, 6) is 0. The van der Waals surface area contributed by atoms with Crippen LogP contribution in [0.5, 0.6) is 0 Å². The fraction of sp³-hybridized carbons (Fsp3) is 0.786. The number of nitrogens with one attached hydrogen (secondary N) is 1. The molecule has 1 fully saturated rings. The second-order valence-corrected chi connectivity index (χ2v) is 7.34. The van der Waals surface area contributed by atoms with E-state index in [2.05, 4.69) is 43.3 Å². The summed E-state index contributed by atoms with van der Waals surface area (Å²) in [7, 11) is 0. The molecule has 18 heavy (non-hydrogen) atoms. The van der Waals surface area contributed by atoms with E-state index in [9.17, 15) is 0 Å². The summed E-state index contributed by atoms with van der Waals surface area (Å²) in [5.41, 5.74) is 1.72. The Bertz CT molecular complexity index is 384. The van der Waals surface area contributed by atoms with Crippen LogP contribution in [0, 0.1) is 5.41 Å². The van der Waals surface area contributed by atoms with Crippen molar-refractivity contribution in [3.8, 4) is 0 Å². The lowest BCUT2D eigenvalue weighted by molar-refractivity contribution is 0.282. The molecule has 1 aliphatic rings. The number of thiazole rings is 1. The highest BCUT2D eigenvalue weighted by atomic mass is 32.1. The van der Waals surface area contributed by atoms with Crippen LogP contribution in [0.2, 0.25) is 0 Å². The molecular formula is C14H25N3S. The fourth-order valence-corrected chi connectivity index (χ4v) is 3.12. The molecular weight excluding hydrogens is 242 g/mol. The zero-order valence-electron chi connectivity index (χ0n) is 12.0. The number of aromatic nitrogens is 1. The highest BCUT2D eigenvalue weighted by Crippen LogP contribution is 2.29. The van der Waals surface area contributed by atoms with Crippen LogP contribution in [-0.4, -0.2) is 29.0 Å². The van der Waals surface area contributed by atoms with E-state index in [1.165, 1.54) is 30.2 Å². The van der Waals surface area contributed by atoms with Crippen LogP contribution in [0.15, 0.2) is 5.38 Å². The minimum absolute atomic E-state index is 0.484. The van der Waals surface area contributed by atoms with E-state index in [-0.39, 0.29) is 0 Å². The lowest BCUT2D eigenvalue weighted by Crippen LogP contribution is -2.23. The highest BCUT2D eigenvalue weighted by Gasteiger charge is 2.29. The van der Waals surface area contributed by atoms with Gasteiger partial charge >= 0.3 is 0 Å². The van der Waals surface area contributed by atoms with Gasteiger partial charge in [0.15, 0.2) is 0 Å². The van der Waals surface area contributed by atoms with Crippen molar-refractivity contribution in [2.75, 3.05) is 13.1 Å². The third kappa shape index (κ3) is 4.04. The number of hydrogen-bond acceptors (Lipinski definition) is 4. The lowest BCUT2D eigenvalue weighted by atomic mass is 9.93. The third-order valence-electron chi connectivity index (χ3n) is 3.40. The molecule has 1 aromatic rings. The molecule has 3 nitrogen and oxygen atoms in total. The molecule has 0 aromatic carbocycles. The van der Waals surface area contributed by atoms with Gasteiger partial charge in [0.05, 0.1) is 5.69 Å². The number of rotatable bonds is 5. The highest BCUT2D eigenvalue weighted by molar-refractivity contribution is 7.09. The van der Waals surface area contributed by atoms with Gasteiger partial charge in [-0.2, -0.15) is 0 Å². The smallest absolute Gasteiger partial charge is 0.107 e. The Morgan fingerprint density at radius 3 is 2.89 bits per heavy atom. The van der Waals surface area contributed by atoms with Gasteiger partial charge in [-0.1, -0.05) is 27.7 Å². The average molecular weight is 267 g/mol. The van der Waals surface area contributed by atoms with Gasteiger partial charge < -0.3 is 5.32 Å². The van der Waals surface area contributed by atoms with Crippen molar-refractivity contribution < 1.29 is 0 Å². The average Bonchev–Trinajstić information content (AvgIpc) is 2.83. The molecule has 1 aromatic heterocycles. The van der Waals surface area contributed by atoms with Gasteiger partial charge in [0, 0.05) is 31.1 Å². The molecule has 102 valence electrons. The quantitative estimate of drug-likeness (QED) is 0.889. The number of hydrogen-bond donors (Lipinski definition) is 1. The Morgan fingerprint density at radius 1 is 1.50 bits per heavy atom. The Balaban J connectivity index is 1.83. The molecule has 1 saturated heterocycles. The summed E-state index contributed by atoms with van der Waals surface area (Å²) in [6.07, 6.45) is 1.30. The maximum absolute atomic E-state index is 4.71. The van der Waals surface area contributed by atoms with Crippen LogP contribution >= 0.6 is 11.3 Å². The molecule has 0 radical (unpaired) electrons. The first-order valence-electron chi connectivity index (χ1n) is 6.84. The molecule has 1 N–H and O–H groups in total. The van der Waals surface area contributed by atoms with E-state index in [0.29, 0.717) is 11.5 Å². The largest absolute Gasteiger partial charge is 0.308 e. The summed E-state index contributed by atoms with van der Waals surface area (Å²) in [5, 5.41) is 6.83. The van der Waals surface area contributed by atoms with E-state index in [4.69, 9.17) is 4.98 Å². The van der Waals surface area contributed by atoms with Gasteiger partial charge in [0.25, 0.3) is 0 Å². The van der Waals surface area contributed by atoms with Crippen LogP contribution < -0.4 is 5.32 Å². The van der Waals surface area contributed by atoms with Gasteiger partial charge in [-0.15, -0.1) is 11.3 Å². The summed E-state index contributed by atoms with van der Waals surface area (Å²) >= 11 is 1.77. The van der Waals surface area contributed by atoms with Crippen molar-refractivity contribution in [1.82, 2.24) is 15.2 Å². The van der Waals surface area contributed by atoms with Crippen LogP contribution in [0.1, 0.15) is 44.8 Å². The van der Waals surface area contributed by atoms with E-state index in [1.54, 1.807) is 11.3 Å². The minimum atomic E-state index is 0.484. The Labute approximate surface area is 115 Å². The van der Waals surface area contributed by atoms with Gasteiger partial charge in [0.1, 0.15) is 5.01 Å². The molecule has 2 rings (SSSR count). The van der Waals surface area contributed by atoms with Crippen LogP contribution in [0.25, 0.3) is 0 Å². The first kappa shape index (κ1) is 14.0. The van der Waals surface area contributed by atoms with Crippen molar-refractivity contribution in [1.29, 1.82) is 0 Å². The second-order valence-electron chi connectivity index (χ2n) is 6.39. The Kier molecular flexibility index (Phi) is 4.41. The molecule has 0 spiro atoms. The summed E-state index contributed by atoms with van der Waals surface area (Å²) in [4.78, 5) is 7.23. The van der Waals surface area contributed by atoms with Crippen LogP contribution in [-0.2, 0) is 13.1 Å². The zero-order valence-corrected chi connectivity index (χ0v) is 12.8. The van der Waals surface area contributed by atoms with Crippen molar-refractivity contribution in [3.05, 3.63) is 16.1 Å². The van der Waals surface area contributed by atoms with E-state index in [0.717, 1.165) is 13.1 Å². The Hall–Kier alpha value is -0.450. The molecule has 0 aliphatic carbocycles. The van der Waals surface area contributed by atoms with Crippen molar-refractivity contribution in [2.45, 2.75) is 53.2 Å². The SMILES string of the molecule is CC(C)NCc1nc(CN2CCC(C)(C)C2)cs1. The van der Waals surface area contributed by atoms with Crippen molar-refractivity contribution in [3.63, 3.8) is 0 Å². The third-order valence-corrected chi connectivity index (χ3v) is 4.30. The van der Waals surface area contributed by atoms with Gasteiger partial charge in [-0.05, 0) is 18.4 Å². The summed E-state index contributed by atoms with van der Waals surface area (Å²) < 4.78 is 0. The van der Waals surface area contributed by atoms with Crippen molar-refractivity contribution >= 4 is 11.3 Å². The van der Waals surface area contributed by atoms with Gasteiger partial charge in [-0.3, -0.25) is 4.90 Å². The molecule has 0 amide bonds. The standard InChI is InChI=1S/C14H25N3S/c1-11(2)15-7-13-16-12(9-18-13)8-17-6-5-14(3,4)10-17/h9,11,15H,5-8,10H2,1-4H3. The lowest BCUT2D eigenvalue weighted by Gasteiger charge is -2.18. The predicted octanol–water partition coefficient (Wildman–Crippen LogP) is 2.87. The first-order chi connectivity index (χ1) is 8.44. The summed E-state index contributed by atoms with van der Waals surface area (Å²) in [6, 6.07) is 0.525. The molecule has 2 heterocycles. The maximum atomic E-state index is 4.71. The second kappa shape index (κ2) is 5.68. The van der Waals surface area contributed by atoms with Crippen LogP contribution in [0.4, 0.5) is 0 Å². The topological polar surface area (TPSA) is 28.2 Å². The Morgan fingerprint density at radius 2 is 2.28 bits per heavy atom. The van der Waals surface area contributed by atoms with E-state index in [1.807, 2.05) is 0 Å². The monoisotopic (exact) mass is 267 g/mol. The normalized spacial score (nSPS) is 19.8. The van der Waals surface area contributed by atoms with Crippen molar-refractivity contribution in [2.24, 2.45) is 5.41 Å². The number of nitrogens with zero attached hydrogens (tertiary/aromatic N) is 2. The molecule has 0 unspecified atom stereocenters. The van der Waals surface area contributed by atoms with E-state index < -0.39 is 0 Å². The molecule has 1 aliphatic heterocycles. The molecule has 0 atom stereocenters. The van der Waals surface area contributed by atoms with Gasteiger partial charge in [0.2, 0.25) is 0 Å².